The molecule has 0 atom stereocenters. The van der Waals surface area contributed by atoms with Gasteiger partial charge in [-0.2, -0.15) is 13.8 Å². The Kier molecular flexibility index (Phi) is 2.24. The van der Waals surface area contributed by atoms with Crippen LogP contribution in [-0.2, 0) is 0 Å². The largest absolute Gasteiger partial charge is 0.384 e. The molecule has 2 aromatic rings. The van der Waals surface area contributed by atoms with Crippen molar-refractivity contribution in [3.63, 3.8) is 0 Å². The molecule has 2 N–H and O–H groups in total. The van der Waals surface area contributed by atoms with E-state index in [1.807, 2.05) is 0 Å². The Morgan fingerprint density at radius 2 is 1.87 bits per heavy atom. The van der Waals surface area contributed by atoms with Crippen LogP contribution in [0.2, 0.25) is 0 Å². The summed E-state index contributed by atoms with van der Waals surface area (Å²) in [6, 6.07) is 3.72. The Hall–Kier alpha value is -2.11. The zero-order chi connectivity index (χ0) is 10.8. The van der Waals surface area contributed by atoms with Gasteiger partial charge >= 0.3 is 0 Å². The summed E-state index contributed by atoms with van der Waals surface area (Å²) >= 11 is 0. The van der Waals surface area contributed by atoms with Gasteiger partial charge in [-0.25, -0.2) is 9.97 Å². The van der Waals surface area contributed by atoms with Gasteiger partial charge in [0.25, 0.3) is 0 Å². The number of anilines is 1. The van der Waals surface area contributed by atoms with E-state index >= 15 is 0 Å². The van der Waals surface area contributed by atoms with E-state index in [1.54, 1.807) is 0 Å². The second-order valence-corrected chi connectivity index (χ2v) is 2.78. The van der Waals surface area contributed by atoms with E-state index in [9.17, 15) is 8.78 Å². The number of halogens is 2. The van der Waals surface area contributed by atoms with Crippen molar-refractivity contribution in [1.29, 1.82) is 0 Å². The highest BCUT2D eigenvalue weighted by Gasteiger charge is 2.10. The summed E-state index contributed by atoms with van der Waals surface area (Å²) in [5.41, 5.74) is 5.43. The molecule has 76 valence electrons. The first-order valence-corrected chi connectivity index (χ1v) is 4.08. The molecule has 0 aliphatic carbocycles. The monoisotopic (exact) mass is 208 g/mol. The van der Waals surface area contributed by atoms with Gasteiger partial charge in [-0.3, -0.25) is 0 Å². The molecule has 0 bridgehead atoms. The summed E-state index contributed by atoms with van der Waals surface area (Å²) < 4.78 is 25.7. The molecule has 0 spiro atoms. The predicted molar refractivity (Wildman–Crippen MR) is 49.6 cm³/mol. The lowest BCUT2D eigenvalue weighted by molar-refractivity contribution is 0.514. The molecule has 0 amide bonds. The van der Waals surface area contributed by atoms with Crippen molar-refractivity contribution in [1.82, 2.24) is 15.0 Å². The first-order chi connectivity index (χ1) is 7.16. The van der Waals surface area contributed by atoms with Crippen LogP contribution < -0.4 is 5.73 Å². The van der Waals surface area contributed by atoms with Crippen LogP contribution in [0.3, 0.4) is 0 Å². The molecule has 0 fully saturated rings. The number of hydrogen-bond acceptors (Lipinski definition) is 4. The van der Waals surface area contributed by atoms with Gasteiger partial charge in [-0.05, 0) is 18.2 Å². The molecule has 0 saturated carbocycles. The van der Waals surface area contributed by atoms with Crippen molar-refractivity contribution >= 4 is 5.82 Å². The van der Waals surface area contributed by atoms with Crippen LogP contribution in [0.5, 0.6) is 0 Å². The third-order valence-corrected chi connectivity index (χ3v) is 1.73. The van der Waals surface area contributed by atoms with E-state index in [0.29, 0.717) is 0 Å². The van der Waals surface area contributed by atoms with Gasteiger partial charge < -0.3 is 5.73 Å². The molecule has 0 saturated heterocycles. The second kappa shape index (κ2) is 3.56. The minimum absolute atomic E-state index is 0.0173. The molecule has 0 aromatic carbocycles. The zero-order valence-corrected chi connectivity index (χ0v) is 7.48. The fourth-order valence-electron chi connectivity index (χ4n) is 1.08. The molecule has 2 rings (SSSR count). The molecule has 0 radical (unpaired) electrons. The molecule has 15 heavy (non-hydrogen) atoms. The van der Waals surface area contributed by atoms with Crippen molar-refractivity contribution in [3.05, 3.63) is 36.3 Å². The van der Waals surface area contributed by atoms with Gasteiger partial charge in [0.1, 0.15) is 5.82 Å². The maximum absolute atomic E-state index is 13.2. The van der Waals surface area contributed by atoms with Crippen LogP contribution in [0.1, 0.15) is 0 Å². The third kappa shape index (κ3) is 1.88. The Labute approximate surface area is 83.8 Å². The average Bonchev–Trinajstić information content (AvgIpc) is 2.17. The van der Waals surface area contributed by atoms with Gasteiger partial charge in [0.15, 0.2) is 5.82 Å². The van der Waals surface area contributed by atoms with E-state index in [4.69, 9.17) is 5.73 Å². The van der Waals surface area contributed by atoms with Crippen molar-refractivity contribution in [2.24, 2.45) is 0 Å². The molecule has 0 unspecified atom stereocenters. The highest BCUT2D eigenvalue weighted by Crippen LogP contribution is 2.17. The van der Waals surface area contributed by atoms with Crippen LogP contribution in [-0.4, -0.2) is 15.0 Å². The Bertz CT molecular complexity index is 501. The molecular formula is C9H6F2N4. The van der Waals surface area contributed by atoms with E-state index < -0.39 is 11.9 Å². The number of nitrogens with zero attached hydrogens (tertiary/aromatic N) is 3. The summed E-state index contributed by atoms with van der Waals surface area (Å²) in [4.78, 5) is 10.6. The summed E-state index contributed by atoms with van der Waals surface area (Å²) in [5, 5.41) is 0. The fourth-order valence-corrected chi connectivity index (χ4v) is 1.08. The lowest BCUT2D eigenvalue weighted by Crippen LogP contribution is -1.98. The van der Waals surface area contributed by atoms with E-state index in [-0.39, 0.29) is 17.2 Å². The Morgan fingerprint density at radius 3 is 2.53 bits per heavy atom. The summed E-state index contributed by atoms with van der Waals surface area (Å²) in [5.74, 6) is -1.55. The van der Waals surface area contributed by atoms with Crippen molar-refractivity contribution in [3.8, 4) is 11.4 Å². The van der Waals surface area contributed by atoms with Crippen LogP contribution in [0.25, 0.3) is 11.4 Å². The van der Waals surface area contributed by atoms with E-state index in [0.717, 1.165) is 6.07 Å². The topological polar surface area (TPSA) is 64.7 Å². The normalized spacial score (nSPS) is 10.3. The molecule has 6 heteroatoms. The molecular weight excluding hydrogens is 202 g/mol. The van der Waals surface area contributed by atoms with Crippen LogP contribution >= 0.6 is 0 Å². The lowest BCUT2D eigenvalue weighted by Gasteiger charge is -2.01. The van der Waals surface area contributed by atoms with E-state index in [1.165, 1.54) is 18.3 Å². The number of nitrogens with two attached hydrogens (primary N) is 1. The molecule has 2 heterocycles. The highest BCUT2D eigenvalue weighted by atomic mass is 19.1. The Morgan fingerprint density at radius 1 is 1.07 bits per heavy atom. The maximum atomic E-state index is 13.2. The van der Waals surface area contributed by atoms with Gasteiger partial charge in [0, 0.05) is 6.20 Å². The molecule has 0 aliphatic heterocycles. The van der Waals surface area contributed by atoms with Gasteiger partial charge in [0.05, 0.1) is 5.56 Å². The SMILES string of the molecule is Nc1ccnc(-c2ccc(F)nc2F)n1. The predicted octanol–water partition coefficient (Wildman–Crippen LogP) is 1.40. The van der Waals surface area contributed by atoms with E-state index in [2.05, 4.69) is 15.0 Å². The molecule has 0 aliphatic rings. The minimum atomic E-state index is -0.958. The van der Waals surface area contributed by atoms with Crippen molar-refractivity contribution < 1.29 is 8.78 Å². The minimum Gasteiger partial charge on any atom is -0.384 e. The fraction of sp³-hybridized carbons (Fsp3) is 0. The number of hydrogen-bond donors (Lipinski definition) is 1. The maximum Gasteiger partial charge on any atom is 0.226 e. The number of rotatable bonds is 1. The summed E-state index contributed by atoms with van der Waals surface area (Å²) in [6.07, 6.45) is 1.39. The number of pyridine rings is 1. The lowest BCUT2D eigenvalue weighted by atomic mass is 10.2. The van der Waals surface area contributed by atoms with Gasteiger partial charge in [-0.15, -0.1) is 0 Å². The van der Waals surface area contributed by atoms with Crippen LogP contribution in [0.4, 0.5) is 14.6 Å². The van der Waals surface area contributed by atoms with Crippen LogP contribution in [0.15, 0.2) is 24.4 Å². The highest BCUT2D eigenvalue weighted by molar-refractivity contribution is 5.55. The van der Waals surface area contributed by atoms with Gasteiger partial charge in [0.2, 0.25) is 11.9 Å². The number of aromatic nitrogens is 3. The smallest absolute Gasteiger partial charge is 0.226 e. The molecule has 4 nitrogen and oxygen atoms in total. The average molecular weight is 208 g/mol. The molecule has 2 aromatic heterocycles. The summed E-state index contributed by atoms with van der Waals surface area (Å²) in [7, 11) is 0. The first-order valence-electron chi connectivity index (χ1n) is 4.08. The standard InChI is InChI=1S/C9H6F2N4/c10-6-2-1-5(8(11)14-6)9-13-4-3-7(12)15-9/h1-4H,(H2,12,13,15). The second-order valence-electron chi connectivity index (χ2n) is 2.78. The third-order valence-electron chi connectivity index (χ3n) is 1.73. The Balaban J connectivity index is 2.54. The van der Waals surface area contributed by atoms with Gasteiger partial charge in [-0.1, -0.05) is 0 Å². The zero-order valence-electron chi connectivity index (χ0n) is 7.48. The van der Waals surface area contributed by atoms with Crippen LogP contribution in [0, 0.1) is 11.9 Å². The quantitative estimate of drug-likeness (QED) is 0.719. The first kappa shape index (κ1) is 9.45. The number of nitrogen functional groups attached to an aromatic ring is 1. The van der Waals surface area contributed by atoms with Crippen molar-refractivity contribution in [2.45, 2.75) is 0 Å². The summed E-state index contributed by atoms with van der Waals surface area (Å²) in [6.45, 7) is 0. The van der Waals surface area contributed by atoms with Crippen molar-refractivity contribution in [2.75, 3.05) is 5.73 Å².